The highest BCUT2D eigenvalue weighted by molar-refractivity contribution is 5.39. The van der Waals surface area contributed by atoms with E-state index < -0.39 is 0 Å². The van der Waals surface area contributed by atoms with Crippen molar-refractivity contribution >= 4 is 0 Å². The van der Waals surface area contributed by atoms with Crippen molar-refractivity contribution in [3.63, 3.8) is 0 Å². The van der Waals surface area contributed by atoms with Crippen molar-refractivity contribution in [3.05, 3.63) is 12.2 Å². The van der Waals surface area contributed by atoms with Gasteiger partial charge < -0.3 is 0 Å². The molecule has 0 amide bonds. The Hall–Kier alpha value is -0.660. The van der Waals surface area contributed by atoms with E-state index in [4.69, 9.17) is 10.2 Å². The minimum Gasteiger partial charge on any atom is -0.190 e. The first-order valence-electron chi connectivity index (χ1n) is 8.41. The summed E-state index contributed by atoms with van der Waals surface area (Å²) in [6.07, 6.45) is 14.0. The molecule has 2 heteroatoms. The van der Waals surface area contributed by atoms with Crippen LogP contribution in [0.5, 0.6) is 0 Å². The molecule has 1 heterocycles. The summed E-state index contributed by atoms with van der Waals surface area (Å²) in [5, 5.41) is 9.68. The van der Waals surface area contributed by atoms with E-state index in [0.717, 1.165) is 35.0 Å². The lowest BCUT2D eigenvalue weighted by Crippen LogP contribution is -2.40. The van der Waals surface area contributed by atoms with Crippen LogP contribution in [0, 0.1) is 40.4 Å². The van der Waals surface area contributed by atoms with Crippen LogP contribution in [0.2, 0.25) is 0 Å². The number of rotatable bonds is 0. The smallest absolute Gasteiger partial charge is 0.0870 e. The summed E-state index contributed by atoms with van der Waals surface area (Å²) in [6, 6.07) is 0.647. The lowest BCUT2D eigenvalue weighted by atomic mass is 9.67. The van der Waals surface area contributed by atoms with Gasteiger partial charge >= 0.3 is 0 Å². The van der Waals surface area contributed by atoms with E-state index in [1.165, 1.54) is 38.5 Å². The Morgan fingerprint density at radius 3 is 2.37 bits per heavy atom. The maximum atomic E-state index is 4.88. The summed E-state index contributed by atoms with van der Waals surface area (Å²) >= 11 is 0. The molecule has 0 radical (unpaired) electrons. The first-order chi connectivity index (χ1) is 9.30. The largest absolute Gasteiger partial charge is 0.190 e. The molecule has 5 saturated carbocycles. The highest BCUT2D eigenvalue weighted by Gasteiger charge is 2.83. The number of allylic oxidation sites excluding steroid dienone is 2. The standard InChI is InChI=1S/C17H20N2/c1-2-15(3-4-15)10-9(1)11-13-14(12(10)16(11)5-6-16)18-19-17(13)7-8-17/h1-2,9-14H,3-8H2/t9-,10+,11+,12-,13+,14-/m0/s1. The van der Waals surface area contributed by atoms with Gasteiger partial charge in [0.15, 0.2) is 0 Å². The number of nitrogens with zero attached hydrogens (tertiary/aromatic N) is 2. The fourth-order valence-corrected chi connectivity index (χ4v) is 7.47. The number of hydrogen-bond acceptors (Lipinski definition) is 2. The van der Waals surface area contributed by atoms with E-state index in [1.54, 1.807) is 0 Å². The topological polar surface area (TPSA) is 24.7 Å². The van der Waals surface area contributed by atoms with Crippen molar-refractivity contribution in [2.45, 2.75) is 50.1 Å². The van der Waals surface area contributed by atoms with E-state index in [0.29, 0.717) is 17.0 Å². The van der Waals surface area contributed by atoms with Gasteiger partial charge in [0.1, 0.15) is 0 Å². The zero-order chi connectivity index (χ0) is 12.0. The van der Waals surface area contributed by atoms with Crippen molar-refractivity contribution < 1.29 is 0 Å². The molecule has 5 fully saturated rings. The van der Waals surface area contributed by atoms with Gasteiger partial charge in [-0.25, -0.2) is 0 Å². The van der Waals surface area contributed by atoms with Gasteiger partial charge in [-0.15, -0.1) is 0 Å². The molecule has 7 rings (SSSR count). The molecule has 98 valence electrons. The third kappa shape index (κ3) is 0.738. The average molecular weight is 252 g/mol. The zero-order valence-corrected chi connectivity index (χ0v) is 11.3. The maximum absolute atomic E-state index is 4.88. The van der Waals surface area contributed by atoms with Crippen molar-refractivity contribution in [3.8, 4) is 0 Å². The molecule has 0 N–H and O–H groups in total. The molecule has 7 aliphatic rings. The highest BCUT2D eigenvalue weighted by atomic mass is 15.3. The SMILES string of the molecule is C1=CC2(CC2)[C@@H]2[C@H]1[C@@H]1[C@@H]3[C@@H](N=NC34CC4)[C@H]2C12CC2. The van der Waals surface area contributed by atoms with E-state index in [-0.39, 0.29) is 0 Å². The number of azo groups is 1. The Balaban J connectivity index is 1.46. The van der Waals surface area contributed by atoms with Crippen LogP contribution in [0.1, 0.15) is 38.5 Å². The van der Waals surface area contributed by atoms with Gasteiger partial charge in [0.25, 0.3) is 0 Å². The molecule has 0 aromatic heterocycles. The first-order valence-corrected chi connectivity index (χ1v) is 8.41. The molecule has 0 saturated heterocycles. The predicted molar refractivity (Wildman–Crippen MR) is 70.5 cm³/mol. The third-order valence-corrected chi connectivity index (χ3v) is 8.41. The fraction of sp³-hybridized carbons (Fsp3) is 0.882. The van der Waals surface area contributed by atoms with Gasteiger partial charge in [-0.2, -0.15) is 10.2 Å². The minimum atomic E-state index is 0.359. The van der Waals surface area contributed by atoms with Gasteiger partial charge in [0, 0.05) is 5.92 Å². The molecule has 1 aliphatic heterocycles. The van der Waals surface area contributed by atoms with Crippen LogP contribution < -0.4 is 0 Å². The molecular weight excluding hydrogens is 232 g/mol. The second-order valence-corrected chi connectivity index (χ2v) is 8.82. The van der Waals surface area contributed by atoms with Crippen molar-refractivity contribution in [1.82, 2.24) is 0 Å². The Labute approximate surface area is 113 Å². The molecule has 6 atom stereocenters. The van der Waals surface area contributed by atoms with Crippen molar-refractivity contribution in [1.29, 1.82) is 0 Å². The van der Waals surface area contributed by atoms with Gasteiger partial charge in [-0.05, 0) is 73.0 Å². The van der Waals surface area contributed by atoms with Crippen LogP contribution in [-0.4, -0.2) is 11.6 Å². The summed E-state index contributed by atoms with van der Waals surface area (Å²) in [5.41, 5.74) is 1.76. The first kappa shape index (κ1) is 9.31. The van der Waals surface area contributed by atoms with Gasteiger partial charge in [-0.1, -0.05) is 12.2 Å². The lowest BCUT2D eigenvalue weighted by molar-refractivity contribution is 0.140. The highest BCUT2D eigenvalue weighted by Crippen LogP contribution is 2.85. The number of hydrogen-bond donors (Lipinski definition) is 0. The molecule has 2 bridgehead atoms. The van der Waals surface area contributed by atoms with Gasteiger partial charge in [0.2, 0.25) is 0 Å². The Morgan fingerprint density at radius 2 is 1.68 bits per heavy atom. The van der Waals surface area contributed by atoms with E-state index in [9.17, 15) is 0 Å². The summed E-state index contributed by atoms with van der Waals surface area (Å²) in [5.74, 6) is 4.67. The Bertz CT molecular complexity index is 528. The second-order valence-electron chi connectivity index (χ2n) is 8.82. The van der Waals surface area contributed by atoms with Crippen LogP contribution in [0.4, 0.5) is 0 Å². The Morgan fingerprint density at radius 1 is 0.842 bits per heavy atom. The summed E-state index contributed by atoms with van der Waals surface area (Å²) in [6.45, 7) is 0. The van der Waals surface area contributed by atoms with Crippen molar-refractivity contribution in [2.24, 2.45) is 50.6 Å². The lowest BCUT2D eigenvalue weighted by Gasteiger charge is -2.36. The minimum absolute atomic E-state index is 0.359. The molecular formula is C17H20N2. The third-order valence-electron chi connectivity index (χ3n) is 8.41. The molecule has 0 aromatic carbocycles. The fourth-order valence-electron chi connectivity index (χ4n) is 7.47. The summed E-state index contributed by atoms with van der Waals surface area (Å²) in [7, 11) is 0. The van der Waals surface area contributed by atoms with E-state index in [2.05, 4.69) is 12.2 Å². The normalized spacial score (nSPS) is 60.2. The molecule has 6 aliphatic carbocycles. The monoisotopic (exact) mass is 252 g/mol. The molecule has 19 heavy (non-hydrogen) atoms. The molecule has 2 nitrogen and oxygen atoms in total. The maximum Gasteiger partial charge on any atom is 0.0870 e. The quantitative estimate of drug-likeness (QED) is 0.589. The molecule has 3 spiro atoms. The van der Waals surface area contributed by atoms with Gasteiger partial charge in [0.05, 0.1) is 11.6 Å². The summed E-state index contributed by atoms with van der Waals surface area (Å²) < 4.78 is 0. The van der Waals surface area contributed by atoms with Crippen LogP contribution in [0.25, 0.3) is 0 Å². The molecule has 0 unspecified atom stereocenters. The van der Waals surface area contributed by atoms with Crippen molar-refractivity contribution in [2.75, 3.05) is 0 Å². The Kier molecular flexibility index (Phi) is 1.10. The van der Waals surface area contributed by atoms with Gasteiger partial charge in [-0.3, -0.25) is 0 Å². The average Bonchev–Trinajstić information content (AvgIpc) is 3.26. The van der Waals surface area contributed by atoms with Crippen LogP contribution in [-0.2, 0) is 0 Å². The summed E-state index contributed by atoms with van der Waals surface area (Å²) in [4.78, 5) is 0. The predicted octanol–water partition coefficient (Wildman–Crippen LogP) is 3.59. The van der Waals surface area contributed by atoms with Crippen LogP contribution in [0.15, 0.2) is 22.4 Å². The van der Waals surface area contributed by atoms with E-state index in [1.807, 2.05) is 0 Å². The van der Waals surface area contributed by atoms with E-state index >= 15 is 0 Å². The molecule has 0 aromatic rings. The second kappa shape index (κ2) is 2.25. The van der Waals surface area contributed by atoms with Crippen LogP contribution in [0.3, 0.4) is 0 Å². The van der Waals surface area contributed by atoms with Crippen LogP contribution >= 0.6 is 0 Å². The number of fused-ring (bicyclic) bond motifs is 8. The zero-order valence-electron chi connectivity index (χ0n) is 11.3.